The quantitative estimate of drug-likeness (QED) is 0.903. The molecule has 0 bridgehead atoms. The molecule has 1 N–H and O–H groups in total. The Hall–Kier alpha value is -1.75. The molecule has 19 heavy (non-hydrogen) atoms. The number of benzene rings is 1. The molecule has 5 heteroatoms. The number of aryl methyl sites for hydroxylation is 1. The van der Waals surface area contributed by atoms with Gasteiger partial charge in [-0.15, -0.1) is 0 Å². The highest BCUT2D eigenvalue weighted by atomic mass is 19.1. The van der Waals surface area contributed by atoms with E-state index in [2.05, 4.69) is 15.5 Å². The Balaban J connectivity index is 1.87. The molecule has 1 aromatic heterocycles. The molecule has 0 aliphatic carbocycles. The van der Waals surface area contributed by atoms with Gasteiger partial charge in [-0.25, -0.2) is 4.39 Å². The lowest BCUT2D eigenvalue weighted by Crippen LogP contribution is -2.28. The molecule has 1 aliphatic heterocycles. The Labute approximate surface area is 111 Å². The fraction of sp³-hybridized carbons (Fsp3) is 0.429. The van der Waals surface area contributed by atoms with E-state index >= 15 is 0 Å². The summed E-state index contributed by atoms with van der Waals surface area (Å²) in [6.07, 6.45) is 2.16. The van der Waals surface area contributed by atoms with Gasteiger partial charge in [-0.1, -0.05) is 5.16 Å². The second kappa shape index (κ2) is 5.09. The van der Waals surface area contributed by atoms with E-state index in [-0.39, 0.29) is 11.7 Å². The summed E-state index contributed by atoms with van der Waals surface area (Å²) in [6, 6.07) is 4.77. The maximum atomic E-state index is 13.4. The van der Waals surface area contributed by atoms with Crippen LogP contribution in [-0.4, -0.2) is 23.2 Å². The van der Waals surface area contributed by atoms with Gasteiger partial charge in [0, 0.05) is 12.1 Å². The average molecular weight is 261 g/mol. The van der Waals surface area contributed by atoms with Gasteiger partial charge < -0.3 is 9.84 Å². The molecular formula is C14H16FN3O. The van der Waals surface area contributed by atoms with E-state index in [1.54, 1.807) is 0 Å². The van der Waals surface area contributed by atoms with Gasteiger partial charge in [-0.2, -0.15) is 4.98 Å². The summed E-state index contributed by atoms with van der Waals surface area (Å²) >= 11 is 0. The summed E-state index contributed by atoms with van der Waals surface area (Å²) in [5.41, 5.74) is 1.51. The van der Waals surface area contributed by atoms with Crippen LogP contribution in [0.15, 0.2) is 22.7 Å². The maximum absolute atomic E-state index is 13.4. The monoisotopic (exact) mass is 261 g/mol. The number of piperidine rings is 1. The highest BCUT2D eigenvalue weighted by Crippen LogP contribution is 2.25. The third kappa shape index (κ3) is 2.66. The zero-order valence-electron chi connectivity index (χ0n) is 10.8. The van der Waals surface area contributed by atoms with Crippen LogP contribution in [0.4, 0.5) is 4.39 Å². The highest BCUT2D eigenvalue weighted by Gasteiger charge is 2.21. The number of nitrogens with one attached hydrogen (secondary N) is 1. The van der Waals surface area contributed by atoms with Crippen LogP contribution in [0, 0.1) is 12.7 Å². The number of hydrogen-bond acceptors (Lipinski definition) is 4. The SMILES string of the molecule is Cc1cc(F)cc(-c2noc(C3CCCNC3)n2)c1. The molecule has 100 valence electrons. The van der Waals surface area contributed by atoms with Gasteiger partial charge in [-0.3, -0.25) is 0 Å². The highest BCUT2D eigenvalue weighted by molar-refractivity contribution is 5.55. The van der Waals surface area contributed by atoms with Gasteiger partial charge in [0.1, 0.15) is 5.82 Å². The van der Waals surface area contributed by atoms with Crippen molar-refractivity contribution in [2.75, 3.05) is 13.1 Å². The lowest BCUT2D eigenvalue weighted by Gasteiger charge is -2.18. The first-order valence-corrected chi connectivity index (χ1v) is 6.54. The molecular weight excluding hydrogens is 245 g/mol. The fourth-order valence-corrected chi connectivity index (χ4v) is 2.45. The molecule has 0 amide bonds. The molecule has 1 aliphatic rings. The van der Waals surface area contributed by atoms with Crippen molar-refractivity contribution in [3.63, 3.8) is 0 Å². The van der Waals surface area contributed by atoms with E-state index in [1.165, 1.54) is 12.1 Å². The Morgan fingerprint density at radius 2 is 2.26 bits per heavy atom. The standard InChI is InChI=1S/C14H16FN3O/c1-9-5-11(7-12(15)6-9)13-17-14(19-18-13)10-3-2-4-16-8-10/h5-7,10,16H,2-4,8H2,1H3. The van der Waals surface area contributed by atoms with Crippen molar-refractivity contribution in [2.24, 2.45) is 0 Å². The fourth-order valence-electron chi connectivity index (χ4n) is 2.45. The van der Waals surface area contributed by atoms with Crippen LogP contribution in [0.1, 0.15) is 30.2 Å². The molecule has 0 spiro atoms. The van der Waals surface area contributed by atoms with Gasteiger partial charge in [0.05, 0.1) is 5.92 Å². The number of rotatable bonds is 2. The summed E-state index contributed by atoms with van der Waals surface area (Å²) in [6.45, 7) is 3.75. The average Bonchev–Trinajstić information content (AvgIpc) is 2.88. The third-order valence-electron chi connectivity index (χ3n) is 3.39. The first-order chi connectivity index (χ1) is 9.22. The number of hydrogen-bond donors (Lipinski definition) is 1. The van der Waals surface area contributed by atoms with Crippen LogP contribution in [0.5, 0.6) is 0 Å². The van der Waals surface area contributed by atoms with Gasteiger partial charge in [0.25, 0.3) is 0 Å². The van der Waals surface area contributed by atoms with Crippen LogP contribution in [0.3, 0.4) is 0 Å². The molecule has 2 heterocycles. The summed E-state index contributed by atoms with van der Waals surface area (Å²) in [5, 5.41) is 7.28. The van der Waals surface area contributed by atoms with E-state index < -0.39 is 0 Å². The van der Waals surface area contributed by atoms with Crippen molar-refractivity contribution in [1.29, 1.82) is 0 Å². The zero-order valence-corrected chi connectivity index (χ0v) is 10.8. The lowest BCUT2D eigenvalue weighted by molar-refractivity contribution is 0.322. The van der Waals surface area contributed by atoms with Crippen molar-refractivity contribution in [3.8, 4) is 11.4 Å². The van der Waals surface area contributed by atoms with Crippen molar-refractivity contribution in [1.82, 2.24) is 15.5 Å². The Kier molecular flexibility index (Phi) is 3.29. The van der Waals surface area contributed by atoms with Crippen molar-refractivity contribution in [2.45, 2.75) is 25.7 Å². The second-order valence-electron chi connectivity index (χ2n) is 5.02. The van der Waals surface area contributed by atoms with Crippen LogP contribution in [-0.2, 0) is 0 Å². The molecule has 1 saturated heterocycles. The molecule has 4 nitrogen and oxygen atoms in total. The predicted octanol–water partition coefficient (Wildman–Crippen LogP) is 2.65. The van der Waals surface area contributed by atoms with Crippen LogP contribution in [0.2, 0.25) is 0 Å². The summed E-state index contributed by atoms with van der Waals surface area (Å²) < 4.78 is 18.7. The topological polar surface area (TPSA) is 51.0 Å². The van der Waals surface area contributed by atoms with Crippen LogP contribution >= 0.6 is 0 Å². The van der Waals surface area contributed by atoms with Crippen LogP contribution < -0.4 is 5.32 Å². The largest absolute Gasteiger partial charge is 0.339 e. The minimum atomic E-state index is -0.277. The summed E-state index contributed by atoms with van der Waals surface area (Å²) in [5.74, 6) is 1.10. The minimum absolute atomic E-state index is 0.268. The molecule has 0 radical (unpaired) electrons. The minimum Gasteiger partial charge on any atom is -0.339 e. The van der Waals surface area contributed by atoms with Crippen molar-refractivity contribution in [3.05, 3.63) is 35.5 Å². The van der Waals surface area contributed by atoms with Gasteiger partial charge in [-0.05, 0) is 50.1 Å². The normalized spacial score (nSPS) is 19.6. The molecule has 1 atom stereocenters. The zero-order chi connectivity index (χ0) is 13.2. The van der Waals surface area contributed by atoms with E-state index in [4.69, 9.17) is 4.52 Å². The van der Waals surface area contributed by atoms with E-state index in [0.29, 0.717) is 17.3 Å². The maximum Gasteiger partial charge on any atom is 0.231 e. The van der Waals surface area contributed by atoms with E-state index in [0.717, 1.165) is 31.5 Å². The lowest BCUT2D eigenvalue weighted by atomic mass is 10.00. The predicted molar refractivity (Wildman–Crippen MR) is 69.3 cm³/mol. The van der Waals surface area contributed by atoms with Gasteiger partial charge >= 0.3 is 0 Å². The van der Waals surface area contributed by atoms with Crippen molar-refractivity contribution >= 4 is 0 Å². The molecule has 2 aromatic rings. The third-order valence-corrected chi connectivity index (χ3v) is 3.39. The molecule has 3 rings (SSSR count). The Bertz CT molecular complexity index is 556. The Morgan fingerprint density at radius 3 is 3.00 bits per heavy atom. The molecule has 1 unspecified atom stereocenters. The smallest absolute Gasteiger partial charge is 0.231 e. The molecule has 0 saturated carbocycles. The summed E-state index contributed by atoms with van der Waals surface area (Å²) in [7, 11) is 0. The second-order valence-corrected chi connectivity index (χ2v) is 5.02. The molecule has 1 aromatic carbocycles. The van der Waals surface area contributed by atoms with Gasteiger partial charge in [0.2, 0.25) is 11.7 Å². The van der Waals surface area contributed by atoms with E-state index in [1.807, 2.05) is 13.0 Å². The number of aromatic nitrogens is 2. The first-order valence-electron chi connectivity index (χ1n) is 6.54. The first kappa shape index (κ1) is 12.3. The Morgan fingerprint density at radius 1 is 1.37 bits per heavy atom. The summed E-state index contributed by atoms with van der Waals surface area (Å²) in [4.78, 5) is 4.40. The van der Waals surface area contributed by atoms with Gasteiger partial charge in [0.15, 0.2) is 0 Å². The number of halogens is 1. The van der Waals surface area contributed by atoms with E-state index in [9.17, 15) is 4.39 Å². The van der Waals surface area contributed by atoms with Crippen LogP contribution in [0.25, 0.3) is 11.4 Å². The van der Waals surface area contributed by atoms with Crippen molar-refractivity contribution < 1.29 is 8.91 Å². The molecule has 1 fully saturated rings. The number of nitrogens with zero attached hydrogens (tertiary/aromatic N) is 2.